The van der Waals surface area contributed by atoms with Crippen LogP contribution in [0.25, 0.3) is 0 Å². The lowest BCUT2D eigenvalue weighted by Crippen LogP contribution is -2.29. The molecule has 1 amide bonds. The average molecular weight is 563 g/mol. The molecule has 2 aromatic carbocycles. The number of benzene rings is 2. The van der Waals surface area contributed by atoms with E-state index in [1.165, 1.54) is 6.08 Å². The molecule has 1 heterocycles. The van der Waals surface area contributed by atoms with Crippen molar-refractivity contribution in [3.05, 3.63) is 54.7 Å². The zero-order chi connectivity index (χ0) is 30.1. The molecule has 3 rings (SSSR count). The van der Waals surface area contributed by atoms with E-state index in [1.54, 1.807) is 58.7 Å². The van der Waals surface area contributed by atoms with Crippen molar-refractivity contribution >= 4 is 46.1 Å². The van der Waals surface area contributed by atoms with Crippen LogP contribution < -0.4 is 35.1 Å². The van der Waals surface area contributed by atoms with E-state index in [0.29, 0.717) is 51.4 Å². The number of rotatable bonds is 14. The third-order valence-electron chi connectivity index (χ3n) is 6.15. The Hall–Kier alpha value is -4.84. The van der Waals surface area contributed by atoms with Crippen LogP contribution in [0, 0.1) is 5.41 Å². The van der Waals surface area contributed by atoms with E-state index in [4.69, 9.17) is 19.6 Å². The second kappa shape index (κ2) is 14.0. The molecule has 0 aliphatic carbocycles. The Kier molecular flexibility index (Phi) is 10.5. The molecule has 0 aliphatic heterocycles. The van der Waals surface area contributed by atoms with E-state index in [0.717, 1.165) is 18.8 Å². The zero-order valence-electron chi connectivity index (χ0n) is 24.6. The number of carbonyl (C=O) groups is 1. The summed E-state index contributed by atoms with van der Waals surface area (Å²) in [5, 5.41) is 17.5. The fourth-order valence-electron chi connectivity index (χ4n) is 3.95. The van der Waals surface area contributed by atoms with Crippen molar-refractivity contribution in [1.29, 1.82) is 5.41 Å². The largest absolute Gasteiger partial charge is 0.494 e. The lowest BCUT2D eigenvalue weighted by atomic mass is 10.1. The molecular formula is C29H38N8O4. The van der Waals surface area contributed by atoms with Crippen LogP contribution >= 0.6 is 0 Å². The molecule has 0 atom stereocenters. The molecule has 0 spiro atoms. The molecule has 0 unspecified atom stereocenters. The summed E-state index contributed by atoms with van der Waals surface area (Å²) >= 11 is 0. The Morgan fingerprint density at radius 1 is 0.951 bits per heavy atom. The van der Waals surface area contributed by atoms with Gasteiger partial charge in [0.1, 0.15) is 11.6 Å². The lowest BCUT2D eigenvalue weighted by molar-refractivity contribution is -0.111. The van der Waals surface area contributed by atoms with Crippen molar-refractivity contribution in [2.75, 3.05) is 76.4 Å². The monoisotopic (exact) mass is 562 g/mol. The Morgan fingerprint density at radius 2 is 1.63 bits per heavy atom. The van der Waals surface area contributed by atoms with Gasteiger partial charge in [-0.05, 0) is 45.3 Å². The molecule has 0 radical (unpaired) electrons. The number of nitrogens with one attached hydrogen (secondary N) is 4. The Morgan fingerprint density at radius 3 is 2.24 bits per heavy atom. The molecule has 0 saturated carbocycles. The zero-order valence-corrected chi connectivity index (χ0v) is 24.6. The molecule has 4 N–H and O–H groups in total. The molecule has 0 bridgehead atoms. The van der Waals surface area contributed by atoms with Gasteiger partial charge in [-0.2, -0.15) is 4.98 Å². The summed E-state index contributed by atoms with van der Waals surface area (Å²) < 4.78 is 16.5. The maximum Gasteiger partial charge on any atom is 0.247 e. The van der Waals surface area contributed by atoms with E-state index in [2.05, 4.69) is 37.4 Å². The first-order valence-electron chi connectivity index (χ1n) is 12.8. The highest BCUT2D eigenvalue weighted by Crippen LogP contribution is 2.38. The van der Waals surface area contributed by atoms with Gasteiger partial charge in [0.25, 0.3) is 0 Å². The number of hydrogen-bond donors (Lipinski definition) is 4. The van der Waals surface area contributed by atoms with Gasteiger partial charge in [0.05, 0.1) is 44.1 Å². The summed E-state index contributed by atoms with van der Waals surface area (Å²) in [5.74, 6) is 2.01. The predicted molar refractivity (Wildman–Crippen MR) is 164 cm³/mol. The molecule has 41 heavy (non-hydrogen) atoms. The normalized spacial score (nSPS) is 10.5. The van der Waals surface area contributed by atoms with Crippen molar-refractivity contribution in [3.63, 3.8) is 0 Å². The van der Waals surface area contributed by atoms with Crippen LogP contribution in [0.2, 0.25) is 0 Å². The van der Waals surface area contributed by atoms with Crippen LogP contribution in [0.5, 0.6) is 17.2 Å². The quantitative estimate of drug-likeness (QED) is 0.164. The second-order valence-corrected chi connectivity index (χ2v) is 9.38. The number of methoxy groups -OCH3 is 3. The van der Waals surface area contributed by atoms with E-state index in [1.807, 2.05) is 32.1 Å². The smallest absolute Gasteiger partial charge is 0.247 e. The minimum absolute atomic E-state index is 0.289. The highest BCUT2D eigenvalue weighted by atomic mass is 16.5. The van der Waals surface area contributed by atoms with Crippen LogP contribution in [0.4, 0.5) is 34.5 Å². The van der Waals surface area contributed by atoms with Gasteiger partial charge in [0.15, 0.2) is 11.5 Å². The minimum Gasteiger partial charge on any atom is -0.494 e. The number of anilines is 6. The number of likely N-dealkylation sites (N-methyl/N-ethyl adjacent to an activating group) is 2. The summed E-state index contributed by atoms with van der Waals surface area (Å²) in [6.45, 7) is 6.81. The fraction of sp³-hybridized carbons (Fsp3) is 0.310. The molecule has 0 fully saturated rings. The first-order valence-corrected chi connectivity index (χ1v) is 12.8. The van der Waals surface area contributed by atoms with Gasteiger partial charge < -0.3 is 45.4 Å². The van der Waals surface area contributed by atoms with Gasteiger partial charge in [0, 0.05) is 49.7 Å². The first kappa shape index (κ1) is 30.7. The van der Waals surface area contributed by atoms with Crippen molar-refractivity contribution < 1.29 is 19.0 Å². The number of hydrogen-bond acceptors (Lipinski definition) is 11. The predicted octanol–water partition coefficient (Wildman–Crippen LogP) is 4.50. The Bertz CT molecular complexity index is 1410. The molecular weight excluding hydrogens is 524 g/mol. The van der Waals surface area contributed by atoms with Crippen molar-refractivity contribution in [1.82, 2.24) is 14.9 Å². The third kappa shape index (κ3) is 7.85. The van der Waals surface area contributed by atoms with Gasteiger partial charge >= 0.3 is 0 Å². The molecule has 0 saturated heterocycles. The number of aromatic nitrogens is 2. The average Bonchev–Trinajstić information content (AvgIpc) is 2.95. The minimum atomic E-state index is -0.335. The summed E-state index contributed by atoms with van der Waals surface area (Å²) in [6.07, 6.45) is 2.82. The van der Waals surface area contributed by atoms with Gasteiger partial charge in [0.2, 0.25) is 11.9 Å². The standard InChI is InChI=1S/C29H38N8O4/c1-9-28(38)33-21-15-22(24(39-6)17-23(21)37(5)13-12-36(3)4)34-29-31-11-10-27(35-29)32-20-16-26(41-8)25(40-7)14-19(20)18(2)30/h9-11,14-17,30H,1,12-13H2,2-8H3,(H,33,38)(H2,31,32,34,35). The number of ether oxygens (including phenoxy) is 3. The highest BCUT2D eigenvalue weighted by Gasteiger charge is 2.17. The summed E-state index contributed by atoms with van der Waals surface area (Å²) in [5.41, 5.74) is 3.51. The van der Waals surface area contributed by atoms with Crippen LogP contribution in [0.3, 0.4) is 0 Å². The maximum absolute atomic E-state index is 12.3. The highest BCUT2D eigenvalue weighted by molar-refractivity contribution is 6.03. The molecule has 3 aromatic rings. The topological polar surface area (TPSA) is 137 Å². The van der Waals surface area contributed by atoms with Crippen LogP contribution in [0.15, 0.2) is 49.2 Å². The van der Waals surface area contributed by atoms with Crippen molar-refractivity contribution in [3.8, 4) is 17.2 Å². The fourth-order valence-corrected chi connectivity index (χ4v) is 3.95. The third-order valence-corrected chi connectivity index (χ3v) is 6.15. The van der Waals surface area contributed by atoms with Gasteiger partial charge in [-0.1, -0.05) is 6.58 Å². The number of nitrogens with zero attached hydrogens (tertiary/aromatic N) is 4. The van der Waals surface area contributed by atoms with Gasteiger partial charge in [-0.3, -0.25) is 4.79 Å². The summed E-state index contributed by atoms with van der Waals surface area (Å²) in [4.78, 5) is 25.3. The summed E-state index contributed by atoms with van der Waals surface area (Å²) in [7, 11) is 10.6. The van der Waals surface area contributed by atoms with Gasteiger partial charge in [-0.15, -0.1) is 0 Å². The molecule has 12 heteroatoms. The van der Waals surface area contributed by atoms with E-state index in [-0.39, 0.29) is 11.9 Å². The van der Waals surface area contributed by atoms with Crippen molar-refractivity contribution in [2.24, 2.45) is 0 Å². The van der Waals surface area contributed by atoms with E-state index in [9.17, 15) is 4.79 Å². The Labute approximate surface area is 240 Å². The number of carbonyl (C=O) groups excluding carboxylic acids is 1. The molecule has 218 valence electrons. The van der Waals surface area contributed by atoms with Gasteiger partial charge in [-0.25, -0.2) is 4.98 Å². The Balaban J connectivity index is 1.97. The van der Waals surface area contributed by atoms with Crippen molar-refractivity contribution in [2.45, 2.75) is 6.92 Å². The van der Waals surface area contributed by atoms with E-state index < -0.39 is 0 Å². The van der Waals surface area contributed by atoms with Crippen LogP contribution in [-0.2, 0) is 4.79 Å². The summed E-state index contributed by atoms with van der Waals surface area (Å²) in [6, 6.07) is 8.83. The second-order valence-electron chi connectivity index (χ2n) is 9.38. The maximum atomic E-state index is 12.3. The van der Waals surface area contributed by atoms with Crippen LogP contribution in [-0.4, -0.2) is 82.0 Å². The molecule has 1 aromatic heterocycles. The number of amides is 1. The first-order chi connectivity index (χ1) is 19.6. The van der Waals surface area contributed by atoms with E-state index >= 15 is 0 Å². The molecule has 0 aliphatic rings. The molecule has 12 nitrogen and oxygen atoms in total. The SMILES string of the molecule is C=CC(=O)Nc1cc(Nc2nccc(Nc3cc(OC)c(OC)cc3C(C)=N)n2)c(OC)cc1N(C)CCN(C)C. The van der Waals surface area contributed by atoms with Crippen LogP contribution in [0.1, 0.15) is 12.5 Å². The lowest BCUT2D eigenvalue weighted by Gasteiger charge is -2.26.